The lowest BCUT2D eigenvalue weighted by Crippen LogP contribution is -2.56. The second kappa shape index (κ2) is 9.85. The van der Waals surface area contributed by atoms with Crippen molar-refractivity contribution < 1.29 is 19.8 Å². The van der Waals surface area contributed by atoms with Gasteiger partial charge in [-0.3, -0.25) is 9.59 Å². The average molecular weight is 508 g/mol. The molecule has 0 aliphatic heterocycles. The van der Waals surface area contributed by atoms with E-state index >= 15 is 0 Å². The van der Waals surface area contributed by atoms with Crippen LogP contribution in [0.3, 0.4) is 0 Å². The van der Waals surface area contributed by atoms with Gasteiger partial charge in [0.05, 0.1) is 10.9 Å². The highest BCUT2D eigenvalue weighted by Gasteiger charge is 2.62. The Labute approximate surface area is 218 Å². The number of amides is 1. The highest BCUT2D eigenvalue weighted by atomic mass is 32.1. The predicted octanol–water partition coefficient (Wildman–Crippen LogP) is 5.56. The van der Waals surface area contributed by atoms with Crippen LogP contribution in [0.1, 0.15) is 98.8 Å². The fourth-order valence-electron chi connectivity index (χ4n) is 10.1. The maximum Gasteiger partial charge on any atom is 0.322 e. The molecule has 35 heavy (non-hydrogen) atoms. The number of hydrogen-bond acceptors (Lipinski definition) is 4. The maximum atomic E-state index is 12.7. The zero-order valence-corrected chi connectivity index (χ0v) is 23.4. The number of carboxylic acids is 1. The van der Waals surface area contributed by atoms with Crippen molar-refractivity contribution in [1.29, 1.82) is 0 Å². The summed E-state index contributed by atoms with van der Waals surface area (Å²) in [6, 6.07) is 0. The van der Waals surface area contributed by atoms with Crippen LogP contribution in [-0.2, 0) is 9.59 Å². The Morgan fingerprint density at radius 3 is 2.37 bits per heavy atom. The Morgan fingerprint density at radius 2 is 1.71 bits per heavy atom. The summed E-state index contributed by atoms with van der Waals surface area (Å²) in [6.07, 6.45) is 11.4. The largest absolute Gasteiger partial charge is 0.480 e. The predicted molar refractivity (Wildman–Crippen MR) is 142 cm³/mol. The molecular formula is C29H49NO4S. The van der Waals surface area contributed by atoms with Crippen LogP contribution in [0.5, 0.6) is 0 Å². The van der Waals surface area contributed by atoms with Crippen molar-refractivity contribution in [2.75, 3.05) is 6.54 Å². The van der Waals surface area contributed by atoms with Gasteiger partial charge in [-0.25, -0.2) is 0 Å². The smallest absolute Gasteiger partial charge is 0.322 e. The van der Waals surface area contributed by atoms with Gasteiger partial charge in [0, 0.05) is 0 Å². The van der Waals surface area contributed by atoms with Gasteiger partial charge in [-0.05, 0) is 117 Å². The first-order valence-electron chi connectivity index (χ1n) is 14.2. The summed E-state index contributed by atoms with van der Waals surface area (Å²) in [7, 11) is 0. The van der Waals surface area contributed by atoms with E-state index in [1.165, 1.54) is 44.9 Å². The first-order chi connectivity index (χ1) is 16.3. The van der Waals surface area contributed by atoms with Crippen molar-refractivity contribution >= 4 is 24.5 Å². The van der Waals surface area contributed by atoms with Crippen molar-refractivity contribution in [2.45, 2.75) is 110 Å². The normalized spacial score (nSPS) is 45.4. The van der Waals surface area contributed by atoms with Gasteiger partial charge in [-0.1, -0.05) is 34.1 Å². The Hall–Kier alpha value is -0.750. The molecule has 200 valence electrons. The van der Waals surface area contributed by atoms with E-state index in [0.717, 1.165) is 36.5 Å². The molecule has 4 rings (SSSR count). The van der Waals surface area contributed by atoms with Gasteiger partial charge in [-0.15, -0.1) is 0 Å². The second-order valence-corrected chi connectivity index (χ2v) is 14.6. The summed E-state index contributed by atoms with van der Waals surface area (Å²) in [6.45, 7) is 11.2. The molecular weight excluding hydrogens is 458 g/mol. The second-order valence-electron chi connectivity index (χ2n) is 13.6. The number of aliphatic hydroxyl groups excluding tert-OH is 1. The third kappa shape index (κ3) is 4.80. The standard InChI is InChI=1S/C29H49NO4S/c1-6-18-13-20-22-8-7-21(17(2)15-29(5,35)26(34)30-16-25(32)33)27(22,3)12-10-23(20)28(4)11-9-19(31)14-24(18)28/h17-24,31,35H,6-16H2,1-5H3,(H,30,34)(H,32,33). The summed E-state index contributed by atoms with van der Waals surface area (Å²) in [4.78, 5) is 23.6. The average Bonchev–Trinajstić information content (AvgIpc) is 3.14. The lowest BCUT2D eigenvalue weighted by Gasteiger charge is -2.63. The molecule has 4 aliphatic carbocycles. The highest BCUT2D eigenvalue weighted by Crippen LogP contribution is 2.69. The van der Waals surface area contributed by atoms with Crippen LogP contribution in [0.2, 0.25) is 0 Å². The third-order valence-electron chi connectivity index (χ3n) is 11.7. The summed E-state index contributed by atoms with van der Waals surface area (Å²) in [5.41, 5.74) is 0.678. The van der Waals surface area contributed by atoms with Crippen molar-refractivity contribution in [1.82, 2.24) is 5.32 Å². The fourth-order valence-corrected chi connectivity index (χ4v) is 10.5. The number of carbonyl (C=O) groups excluding carboxylic acids is 1. The number of carboxylic acid groups (broad SMARTS) is 1. The number of fused-ring (bicyclic) bond motifs is 5. The molecule has 6 heteroatoms. The summed E-state index contributed by atoms with van der Waals surface area (Å²) >= 11 is 4.70. The quantitative estimate of drug-likeness (QED) is 0.340. The van der Waals surface area contributed by atoms with Crippen LogP contribution in [0.25, 0.3) is 0 Å². The van der Waals surface area contributed by atoms with Crippen molar-refractivity contribution in [2.24, 2.45) is 52.3 Å². The molecule has 4 aliphatic rings. The minimum absolute atomic E-state index is 0.104. The number of thiol groups is 1. The lowest BCUT2D eigenvalue weighted by atomic mass is 9.42. The molecule has 11 unspecified atom stereocenters. The SMILES string of the molecule is CCC1CC2C3CCC(C(C)CC(C)(S)C(=O)NCC(=O)O)C3(C)CCC2C2(C)CCC(O)CC12. The number of aliphatic hydroxyl groups is 1. The molecule has 11 atom stereocenters. The van der Waals surface area contributed by atoms with E-state index in [-0.39, 0.29) is 18.6 Å². The zero-order valence-electron chi connectivity index (χ0n) is 22.6. The summed E-state index contributed by atoms with van der Waals surface area (Å²) in [5.74, 6) is 3.35. The van der Waals surface area contributed by atoms with Crippen LogP contribution in [-0.4, -0.2) is 39.5 Å². The van der Waals surface area contributed by atoms with Crippen LogP contribution in [0, 0.1) is 52.3 Å². The van der Waals surface area contributed by atoms with E-state index in [2.05, 4.69) is 33.0 Å². The molecule has 1 amide bonds. The fraction of sp³-hybridized carbons (Fsp3) is 0.931. The maximum absolute atomic E-state index is 12.7. The van der Waals surface area contributed by atoms with Gasteiger partial charge in [0.2, 0.25) is 5.91 Å². The Morgan fingerprint density at radius 1 is 1.06 bits per heavy atom. The molecule has 0 saturated heterocycles. The van der Waals surface area contributed by atoms with E-state index in [9.17, 15) is 14.7 Å². The zero-order chi connectivity index (χ0) is 25.8. The van der Waals surface area contributed by atoms with E-state index in [4.69, 9.17) is 17.7 Å². The molecule has 0 radical (unpaired) electrons. The van der Waals surface area contributed by atoms with Crippen LogP contribution in [0.4, 0.5) is 0 Å². The van der Waals surface area contributed by atoms with Crippen LogP contribution >= 0.6 is 12.6 Å². The van der Waals surface area contributed by atoms with Gasteiger partial charge in [0.15, 0.2) is 0 Å². The minimum Gasteiger partial charge on any atom is -0.480 e. The monoisotopic (exact) mass is 507 g/mol. The van der Waals surface area contributed by atoms with Gasteiger partial charge >= 0.3 is 5.97 Å². The number of aliphatic carboxylic acids is 1. The van der Waals surface area contributed by atoms with Crippen LogP contribution < -0.4 is 5.32 Å². The lowest BCUT2D eigenvalue weighted by molar-refractivity contribution is -0.152. The molecule has 4 fully saturated rings. The van der Waals surface area contributed by atoms with Gasteiger partial charge in [0.1, 0.15) is 6.54 Å². The molecule has 0 aromatic carbocycles. The highest BCUT2D eigenvalue weighted by molar-refractivity contribution is 7.82. The topological polar surface area (TPSA) is 86.6 Å². The number of carbonyl (C=O) groups is 2. The molecule has 0 spiro atoms. The van der Waals surface area contributed by atoms with E-state index in [0.29, 0.717) is 35.0 Å². The molecule has 0 heterocycles. The molecule has 0 aromatic heterocycles. The molecule has 5 nitrogen and oxygen atoms in total. The van der Waals surface area contributed by atoms with Crippen molar-refractivity contribution in [3.05, 3.63) is 0 Å². The van der Waals surface area contributed by atoms with Crippen molar-refractivity contribution in [3.8, 4) is 0 Å². The first-order valence-corrected chi connectivity index (χ1v) is 14.7. The Bertz CT molecular complexity index is 817. The summed E-state index contributed by atoms with van der Waals surface area (Å²) in [5, 5.41) is 21.9. The van der Waals surface area contributed by atoms with Crippen molar-refractivity contribution in [3.63, 3.8) is 0 Å². The van der Waals surface area contributed by atoms with Gasteiger partial charge < -0.3 is 15.5 Å². The van der Waals surface area contributed by atoms with Crippen LogP contribution in [0.15, 0.2) is 0 Å². The third-order valence-corrected chi connectivity index (χ3v) is 12.1. The molecule has 3 N–H and O–H groups in total. The summed E-state index contributed by atoms with van der Waals surface area (Å²) < 4.78 is -0.873. The van der Waals surface area contributed by atoms with E-state index < -0.39 is 10.7 Å². The number of hydrogen-bond donors (Lipinski definition) is 4. The van der Waals surface area contributed by atoms with E-state index in [1.54, 1.807) is 0 Å². The molecule has 0 aromatic rings. The number of nitrogens with one attached hydrogen (secondary N) is 1. The Kier molecular flexibility index (Phi) is 7.68. The first kappa shape index (κ1) is 27.3. The van der Waals surface area contributed by atoms with Gasteiger partial charge in [0.25, 0.3) is 0 Å². The molecule has 4 saturated carbocycles. The Balaban J connectivity index is 1.50. The minimum atomic E-state index is -1.03. The van der Waals surface area contributed by atoms with Gasteiger partial charge in [-0.2, -0.15) is 12.6 Å². The molecule has 0 bridgehead atoms. The number of rotatable bonds is 7. The van der Waals surface area contributed by atoms with E-state index in [1.807, 2.05) is 6.92 Å².